The molecule has 1 heterocycles. The number of carbonyl (C=O) groups excluding carboxylic acids is 1. The molecule has 2 aromatic rings. The normalized spacial score (nSPS) is 17.0. The van der Waals surface area contributed by atoms with Crippen LogP contribution in [0.3, 0.4) is 0 Å². The van der Waals surface area contributed by atoms with Crippen molar-refractivity contribution in [1.29, 1.82) is 0 Å². The Morgan fingerprint density at radius 2 is 2.17 bits per heavy atom. The van der Waals surface area contributed by atoms with Crippen LogP contribution in [-0.4, -0.2) is 28.0 Å². The number of hydrogen-bond donors (Lipinski definition) is 3. The summed E-state index contributed by atoms with van der Waals surface area (Å²) in [6, 6.07) is 4.90. The van der Waals surface area contributed by atoms with Crippen LogP contribution in [0.1, 0.15) is 25.3 Å². The number of hydrogen-bond acceptors (Lipinski definition) is 2. The smallest absolute Gasteiger partial charge is 0.326 e. The van der Waals surface area contributed by atoms with Crippen LogP contribution >= 0.6 is 15.9 Å². The predicted octanol–water partition coefficient (Wildman–Crippen LogP) is 3.09. The van der Waals surface area contributed by atoms with E-state index in [1.807, 2.05) is 31.3 Å². The highest BCUT2D eigenvalue weighted by Crippen LogP contribution is 2.36. The second-order valence-corrected chi connectivity index (χ2v) is 7.15. The minimum Gasteiger partial charge on any atom is -0.480 e. The van der Waals surface area contributed by atoms with Gasteiger partial charge in [-0.15, -0.1) is 0 Å². The molecule has 1 aliphatic rings. The molecular formula is C17H19BrN2O3. The lowest BCUT2D eigenvalue weighted by Gasteiger charge is -2.17. The summed E-state index contributed by atoms with van der Waals surface area (Å²) < 4.78 is 0.934. The lowest BCUT2D eigenvalue weighted by Crippen LogP contribution is -2.44. The molecule has 0 saturated heterocycles. The third kappa shape index (κ3) is 3.58. The molecular weight excluding hydrogens is 360 g/mol. The first kappa shape index (κ1) is 16.1. The molecule has 1 aliphatic carbocycles. The minimum absolute atomic E-state index is 0.117. The van der Waals surface area contributed by atoms with Crippen LogP contribution in [0.25, 0.3) is 10.9 Å². The summed E-state index contributed by atoms with van der Waals surface area (Å²) in [7, 11) is 0. The number of carbonyl (C=O) groups is 2. The molecule has 6 heteroatoms. The number of amides is 1. The molecule has 3 N–H and O–H groups in total. The average molecular weight is 379 g/mol. The van der Waals surface area contributed by atoms with E-state index >= 15 is 0 Å². The SMILES string of the molecule is CC(C(=O)NC(Cc1c[nH]c2ccc(Br)cc12)C(=O)O)C1CC1. The Kier molecular flexibility index (Phi) is 4.43. The number of H-pyrrole nitrogens is 1. The zero-order valence-electron chi connectivity index (χ0n) is 12.8. The van der Waals surface area contributed by atoms with E-state index in [0.29, 0.717) is 5.92 Å². The standard InChI is InChI=1S/C17H19BrN2O3/c1-9(10-2-3-10)16(21)20-15(17(22)23)6-11-8-19-14-5-4-12(18)7-13(11)14/h4-5,7-10,15,19H,2-3,6H2,1H3,(H,20,21)(H,22,23). The maximum Gasteiger partial charge on any atom is 0.326 e. The molecule has 1 aromatic carbocycles. The third-order valence-electron chi connectivity index (χ3n) is 4.51. The summed E-state index contributed by atoms with van der Waals surface area (Å²) in [4.78, 5) is 26.9. The van der Waals surface area contributed by atoms with Gasteiger partial charge in [-0.25, -0.2) is 4.79 Å². The van der Waals surface area contributed by atoms with E-state index in [1.54, 1.807) is 0 Å². The van der Waals surface area contributed by atoms with E-state index in [4.69, 9.17) is 0 Å². The molecule has 3 rings (SSSR count). The van der Waals surface area contributed by atoms with Crippen LogP contribution in [0.4, 0.5) is 0 Å². The van der Waals surface area contributed by atoms with E-state index in [0.717, 1.165) is 33.8 Å². The highest BCUT2D eigenvalue weighted by molar-refractivity contribution is 9.10. The summed E-state index contributed by atoms with van der Waals surface area (Å²) >= 11 is 3.43. The maximum absolute atomic E-state index is 12.2. The molecule has 1 fully saturated rings. The number of carboxylic acid groups (broad SMARTS) is 1. The number of aliphatic carboxylic acids is 1. The molecule has 2 atom stereocenters. The van der Waals surface area contributed by atoms with Crippen molar-refractivity contribution in [2.24, 2.45) is 11.8 Å². The molecule has 0 bridgehead atoms. The number of nitrogens with one attached hydrogen (secondary N) is 2. The molecule has 0 radical (unpaired) electrons. The van der Waals surface area contributed by atoms with Gasteiger partial charge in [0.2, 0.25) is 5.91 Å². The van der Waals surface area contributed by atoms with Gasteiger partial charge in [0.05, 0.1) is 0 Å². The Morgan fingerprint density at radius 1 is 1.43 bits per heavy atom. The summed E-state index contributed by atoms with van der Waals surface area (Å²) in [6.07, 6.45) is 4.18. The van der Waals surface area contributed by atoms with Gasteiger partial charge in [-0.05, 0) is 42.5 Å². The quantitative estimate of drug-likeness (QED) is 0.722. The minimum atomic E-state index is -1.01. The van der Waals surface area contributed by atoms with Gasteiger partial charge in [-0.1, -0.05) is 22.9 Å². The number of rotatable bonds is 6. The summed E-state index contributed by atoms with van der Waals surface area (Å²) in [6.45, 7) is 1.87. The van der Waals surface area contributed by atoms with Crippen molar-refractivity contribution >= 4 is 38.7 Å². The van der Waals surface area contributed by atoms with Gasteiger partial charge in [0, 0.05) is 33.9 Å². The Morgan fingerprint density at radius 3 is 2.83 bits per heavy atom. The average Bonchev–Trinajstić information content (AvgIpc) is 3.28. The summed E-state index contributed by atoms with van der Waals surface area (Å²) in [5.41, 5.74) is 1.83. The fourth-order valence-electron chi connectivity index (χ4n) is 2.85. The van der Waals surface area contributed by atoms with Crippen molar-refractivity contribution in [3.63, 3.8) is 0 Å². The number of fused-ring (bicyclic) bond motifs is 1. The largest absolute Gasteiger partial charge is 0.480 e. The second kappa shape index (κ2) is 6.35. The van der Waals surface area contributed by atoms with Crippen LogP contribution in [0.2, 0.25) is 0 Å². The van der Waals surface area contributed by atoms with E-state index in [-0.39, 0.29) is 18.2 Å². The van der Waals surface area contributed by atoms with Gasteiger partial charge < -0.3 is 15.4 Å². The first-order valence-corrected chi connectivity index (χ1v) is 8.53. The molecule has 2 unspecified atom stereocenters. The molecule has 0 aliphatic heterocycles. The molecule has 1 amide bonds. The van der Waals surface area contributed by atoms with E-state index < -0.39 is 12.0 Å². The number of carboxylic acids is 1. The predicted molar refractivity (Wildman–Crippen MR) is 91.2 cm³/mol. The molecule has 23 heavy (non-hydrogen) atoms. The monoisotopic (exact) mass is 378 g/mol. The van der Waals surface area contributed by atoms with Crippen molar-refractivity contribution in [1.82, 2.24) is 10.3 Å². The van der Waals surface area contributed by atoms with Crippen LogP contribution in [0.5, 0.6) is 0 Å². The van der Waals surface area contributed by atoms with Gasteiger partial charge in [-0.3, -0.25) is 4.79 Å². The van der Waals surface area contributed by atoms with Crippen LogP contribution in [0.15, 0.2) is 28.9 Å². The first-order valence-electron chi connectivity index (χ1n) is 7.74. The molecule has 1 aromatic heterocycles. The number of halogens is 1. The Balaban J connectivity index is 1.77. The highest BCUT2D eigenvalue weighted by atomic mass is 79.9. The Hall–Kier alpha value is -1.82. The van der Waals surface area contributed by atoms with Gasteiger partial charge in [0.25, 0.3) is 0 Å². The van der Waals surface area contributed by atoms with Gasteiger partial charge >= 0.3 is 5.97 Å². The first-order chi connectivity index (χ1) is 11.0. The molecule has 122 valence electrons. The molecule has 1 saturated carbocycles. The van der Waals surface area contributed by atoms with Gasteiger partial charge in [-0.2, -0.15) is 0 Å². The fourth-order valence-corrected chi connectivity index (χ4v) is 3.21. The van der Waals surface area contributed by atoms with Crippen molar-refractivity contribution in [2.45, 2.75) is 32.2 Å². The van der Waals surface area contributed by atoms with E-state index in [2.05, 4.69) is 26.2 Å². The highest BCUT2D eigenvalue weighted by Gasteiger charge is 2.34. The van der Waals surface area contributed by atoms with Crippen LogP contribution in [0, 0.1) is 11.8 Å². The lowest BCUT2D eigenvalue weighted by atomic mass is 10.0. The molecule has 5 nitrogen and oxygen atoms in total. The third-order valence-corrected chi connectivity index (χ3v) is 5.00. The second-order valence-electron chi connectivity index (χ2n) is 6.23. The van der Waals surface area contributed by atoms with Gasteiger partial charge in [0.15, 0.2) is 0 Å². The maximum atomic E-state index is 12.2. The van der Waals surface area contributed by atoms with Gasteiger partial charge in [0.1, 0.15) is 6.04 Å². The van der Waals surface area contributed by atoms with E-state index in [9.17, 15) is 14.7 Å². The van der Waals surface area contributed by atoms with Crippen molar-refractivity contribution in [2.75, 3.05) is 0 Å². The van der Waals surface area contributed by atoms with Crippen molar-refractivity contribution < 1.29 is 14.7 Å². The summed E-state index contributed by atoms with van der Waals surface area (Å²) in [5, 5.41) is 13.1. The zero-order chi connectivity index (χ0) is 16.6. The van der Waals surface area contributed by atoms with E-state index in [1.165, 1.54) is 0 Å². The molecule has 0 spiro atoms. The Bertz CT molecular complexity index is 751. The topological polar surface area (TPSA) is 82.2 Å². The van der Waals surface area contributed by atoms with Crippen molar-refractivity contribution in [3.05, 3.63) is 34.4 Å². The summed E-state index contributed by atoms with van der Waals surface area (Å²) in [5.74, 6) is -0.880. The number of aromatic amines is 1. The van der Waals surface area contributed by atoms with Crippen LogP contribution in [-0.2, 0) is 16.0 Å². The van der Waals surface area contributed by atoms with Crippen LogP contribution < -0.4 is 5.32 Å². The number of benzene rings is 1. The fraction of sp³-hybridized carbons (Fsp3) is 0.412. The lowest BCUT2D eigenvalue weighted by molar-refractivity contribution is -0.142. The Labute approximate surface area is 142 Å². The van der Waals surface area contributed by atoms with Crippen molar-refractivity contribution in [3.8, 4) is 0 Å². The zero-order valence-corrected chi connectivity index (χ0v) is 14.4. The number of aromatic nitrogens is 1.